The molecule has 3 saturated carbocycles. The SMILES string of the molecule is CO[C@@H]1[C@@H](O)[C@H](O[C@H]2[C@H](O[C@@H]3[C@@H](O)[C@H](O[C@H]4C[C@@H]5C(=CC[C@]6(C)[C@@H]([C@H](C)/C=C/[C@@H](C)[C@@H](C)C(=O)NCCS(=O)(=O)O)CC[C@@H]56)[C@@]5(C)CC[C@H](OS(=O)(=O)O)C[C@H]45)O[C@H](CO)[C@H]3O)OC[C@@H](O)[C@@H]2O)O[C@H](C)[C@H]1O. The van der Waals surface area contributed by atoms with E-state index in [4.69, 9.17) is 41.9 Å². The van der Waals surface area contributed by atoms with Crippen molar-refractivity contribution >= 4 is 26.4 Å². The third-order valence-electron chi connectivity index (χ3n) is 17.7. The summed E-state index contributed by atoms with van der Waals surface area (Å²) in [5.74, 6) is -1.56. The Kier molecular flexibility index (Phi) is 18.7. The third-order valence-corrected chi connectivity index (χ3v) is 19.0. The first kappa shape index (κ1) is 58.8. The molecule has 3 aliphatic heterocycles. The second-order valence-electron chi connectivity index (χ2n) is 22.1. The molecule has 7 rings (SSSR count). The van der Waals surface area contributed by atoms with Gasteiger partial charge < -0.3 is 74.2 Å². The zero-order valence-corrected chi connectivity index (χ0v) is 44.1. The zero-order valence-electron chi connectivity index (χ0n) is 42.4. The Morgan fingerprint density at radius 1 is 0.836 bits per heavy atom. The van der Waals surface area contributed by atoms with Crippen LogP contribution in [-0.2, 0) is 62.7 Å². The molecule has 0 aromatic rings. The summed E-state index contributed by atoms with van der Waals surface area (Å²) in [6.07, 6.45) is -12.4. The number of fused-ring (bicyclic) bond motifs is 5. The van der Waals surface area contributed by atoms with Crippen molar-refractivity contribution < 1.29 is 104 Å². The number of carbonyl (C=O) groups excluding carboxylic acids is 1. The number of methoxy groups -OCH3 is 1. The summed E-state index contributed by atoms with van der Waals surface area (Å²) in [7, 11) is -7.78. The fourth-order valence-electron chi connectivity index (χ4n) is 13.4. The van der Waals surface area contributed by atoms with E-state index in [0.29, 0.717) is 19.3 Å². The molecule has 25 atom stereocenters. The minimum absolute atomic E-state index is 0.0389. The van der Waals surface area contributed by atoms with Gasteiger partial charge in [0.15, 0.2) is 18.9 Å². The molecule has 0 unspecified atom stereocenters. The van der Waals surface area contributed by atoms with Gasteiger partial charge in [-0.15, -0.1) is 0 Å². The minimum Gasteiger partial charge on any atom is -0.394 e. The summed E-state index contributed by atoms with van der Waals surface area (Å²) in [4.78, 5) is 12.8. The molecule has 0 aromatic heterocycles. The van der Waals surface area contributed by atoms with Crippen LogP contribution in [0.2, 0.25) is 0 Å². The van der Waals surface area contributed by atoms with Gasteiger partial charge in [0, 0.05) is 19.6 Å². The minimum atomic E-state index is -4.83. The molecule has 23 nitrogen and oxygen atoms in total. The van der Waals surface area contributed by atoms with Gasteiger partial charge in [0.05, 0.1) is 37.3 Å². The monoisotopic (exact) mass is 1090 g/mol. The number of hydrogen-bond acceptors (Lipinski definition) is 20. The number of amides is 1. The lowest BCUT2D eigenvalue weighted by Crippen LogP contribution is -2.65. The molecule has 6 fully saturated rings. The van der Waals surface area contributed by atoms with Crippen LogP contribution in [0.5, 0.6) is 0 Å². The molecular formula is C48H79NO22S2. The molecule has 4 aliphatic carbocycles. The van der Waals surface area contributed by atoms with Crippen LogP contribution in [0.1, 0.15) is 86.5 Å². The first-order chi connectivity index (χ1) is 34.1. The van der Waals surface area contributed by atoms with E-state index in [9.17, 15) is 61.9 Å². The number of hydrogen-bond donors (Lipinski definition) is 10. The van der Waals surface area contributed by atoms with Gasteiger partial charge in [-0.1, -0.05) is 58.4 Å². The van der Waals surface area contributed by atoms with Gasteiger partial charge in [-0.25, -0.2) is 4.18 Å². The molecule has 0 spiro atoms. The lowest BCUT2D eigenvalue weighted by atomic mass is 9.47. The quantitative estimate of drug-likeness (QED) is 0.0637. The highest BCUT2D eigenvalue weighted by Gasteiger charge is 2.62. The number of rotatable bonds is 18. The van der Waals surface area contributed by atoms with Crippen molar-refractivity contribution in [2.24, 2.45) is 52.3 Å². The van der Waals surface area contributed by atoms with Crippen molar-refractivity contribution in [1.29, 1.82) is 0 Å². The zero-order chi connectivity index (χ0) is 53.7. The highest BCUT2D eigenvalue weighted by molar-refractivity contribution is 7.85. The second-order valence-corrected chi connectivity index (χ2v) is 24.8. The van der Waals surface area contributed by atoms with Gasteiger partial charge in [-0.2, -0.15) is 16.8 Å². The maximum atomic E-state index is 12.8. The first-order valence-corrected chi connectivity index (χ1v) is 28.5. The molecule has 73 heavy (non-hydrogen) atoms. The highest BCUT2D eigenvalue weighted by atomic mass is 32.3. The van der Waals surface area contributed by atoms with E-state index in [1.54, 1.807) is 6.92 Å². The number of allylic oxidation sites excluding steroid dienone is 4. The smallest absolute Gasteiger partial charge is 0.394 e. The van der Waals surface area contributed by atoms with E-state index in [0.717, 1.165) is 19.3 Å². The van der Waals surface area contributed by atoms with Crippen LogP contribution >= 0.6 is 0 Å². The Balaban J connectivity index is 1.12. The van der Waals surface area contributed by atoms with Crippen molar-refractivity contribution in [3.63, 3.8) is 0 Å². The molecule has 10 N–H and O–H groups in total. The first-order valence-electron chi connectivity index (χ1n) is 25.5. The highest BCUT2D eigenvalue weighted by Crippen LogP contribution is 2.67. The van der Waals surface area contributed by atoms with Gasteiger partial charge in [0.1, 0.15) is 61.0 Å². The standard InChI is InChI=1S/C48H79NO22S2/c1-22(24(3)43(57)49-16-17-72(58,59)60)8-9-23(2)28-10-11-29-27-19-33(31-18-26(71-73(61,62)63)12-14-48(31,6)30(27)13-15-47(28,29)5)67-45-39(56)41(37(54)34(20-50)68-45)69-46-42(36(53)32(51)21-65-46)70-44-38(55)40(64-7)35(52)25(4)66-44/h8-9,13,22-29,31-42,44-46,50-56H,10-12,14-21H2,1-7H3,(H,49,57)(H,58,59,60)(H,61,62,63)/b9-8+/t22-,23-,24-,25-,26+,27+,28-,29+,31-,32-,33+,34-,35-,36+,37-,38-,39-,40+,41+,42-,44+,45-,46+,47-,48-/m1/s1. The fraction of sp³-hybridized carbons (Fsp3) is 0.896. The molecule has 0 bridgehead atoms. The maximum absolute atomic E-state index is 12.8. The van der Waals surface area contributed by atoms with Crippen LogP contribution < -0.4 is 5.32 Å². The Morgan fingerprint density at radius 3 is 2.16 bits per heavy atom. The predicted molar refractivity (Wildman–Crippen MR) is 254 cm³/mol. The van der Waals surface area contributed by atoms with Crippen molar-refractivity contribution in [3.05, 3.63) is 23.8 Å². The topological polar surface area (TPSA) is 353 Å². The van der Waals surface area contributed by atoms with Gasteiger partial charge in [0.25, 0.3) is 10.1 Å². The molecule has 1 amide bonds. The number of aliphatic hydroxyl groups excluding tert-OH is 7. The number of aliphatic hydroxyl groups is 7. The molecule has 3 heterocycles. The summed E-state index contributed by atoms with van der Waals surface area (Å²) in [6, 6.07) is 0. The van der Waals surface area contributed by atoms with Gasteiger partial charge in [0.2, 0.25) is 5.91 Å². The fourth-order valence-corrected chi connectivity index (χ4v) is 14.3. The van der Waals surface area contributed by atoms with E-state index < -0.39 is 155 Å². The van der Waals surface area contributed by atoms with Crippen LogP contribution in [0.25, 0.3) is 0 Å². The van der Waals surface area contributed by atoms with Crippen molar-refractivity contribution in [2.75, 3.05) is 32.6 Å². The van der Waals surface area contributed by atoms with Gasteiger partial charge in [-0.05, 0) is 98.2 Å². The number of nitrogens with one attached hydrogen (secondary N) is 1. The Bertz CT molecular complexity index is 2190. The molecule has 0 radical (unpaired) electrons. The second kappa shape index (κ2) is 23.2. The average molecular weight is 1090 g/mol. The van der Waals surface area contributed by atoms with Gasteiger partial charge >= 0.3 is 10.4 Å². The summed E-state index contributed by atoms with van der Waals surface area (Å²) in [6.45, 7) is 10.3. The summed E-state index contributed by atoms with van der Waals surface area (Å²) >= 11 is 0. The molecule has 7 aliphatic rings. The Morgan fingerprint density at radius 2 is 1.51 bits per heavy atom. The Labute approximate surface area is 427 Å². The maximum Gasteiger partial charge on any atom is 0.397 e. The van der Waals surface area contributed by atoms with E-state index >= 15 is 0 Å². The normalized spacial score (nSPS) is 45.6. The molecular weight excluding hydrogens is 1010 g/mol. The lowest BCUT2D eigenvalue weighted by molar-refractivity contribution is -0.381. The van der Waals surface area contributed by atoms with E-state index in [-0.39, 0.29) is 53.9 Å². The third kappa shape index (κ3) is 12.6. The largest absolute Gasteiger partial charge is 0.397 e. The molecule has 3 saturated heterocycles. The molecule has 420 valence electrons. The van der Waals surface area contributed by atoms with E-state index in [2.05, 4.69) is 38.2 Å². The van der Waals surface area contributed by atoms with Crippen molar-refractivity contribution in [2.45, 2.75) is 185 Å². The van der Waals surface area contributed by atoms with Crippen molar-refractivity contribution in [1.82, 2.24) is 5.32 Å². The van der Waals surface area contributed by atoms with Crippen LogP contribution in [0.3, 0.4) is 0 Å². The van der Waals surface area contributed by atoms with E-state index in [1.165, 1.54) is 19.6 Å². The molecule has 0 aromatic carbocycles. The summed E-state index contributed by atoms with van der Waals surface area (Å²) < 4.78 is 112. The summed E-state index contributed by atoms with van der Waals surface area (Å²) in [5.41, 5.74) is 0.456. The number of carbonyl (C=O) groups is 1. The number of ether oxygens (including phenoxy) is 7. The van der Waals surface area contributed by atoms with Crippen LogP contribution in [0, 0.1) is 52.3 Å². The van der Waals surface area contributed by atoms with Crippen LogP contribution in [0.15, 0.2) is 23.8 Å². The lowest BCUT2D eigenvalue weighted by Gasteiger charge is -2.59. The van der Waals surface area contributed by atoms with Crippen LogP contribution in [-0.4, -0.2) is 198 Å². The predicted octanol–water partition coefficient (Wildman–Crippen LogP) is -0.0139. The van der Waals surface area contributed by atoms with Crippen LogP contribution in [0.4, 0.5) is 0 Å². The Hall–Kier alpha value is -1.83. The molecule has 25 heteroatoms. The van der Waals surface area contributed by atoms with Crippen molar-refractivity contribution in [3.8, 4) is 0 Å². The van der Waals surface area contributed by atoms with E-state index in [1.807, 2.05) is 13.0 Å². The average Bonchev–Trinajstić information content (AvgIpc) is 3.68. The summed E-state index contributed by atoms with van der Waals surface area (Å²) in [5, 5.41) is 80.2. The van der Waals surface area contributed by atoms with Gasteiger partial charge in [-0.3, -0.25) is 13.9 Å².